The van der Waals surface area contributed by atoms with Crippen molar-refractivity contribution < 1.29 is 17.6 Å². The lowest BCUT2D eigenvalue weighted by molar-refractivity contribution is 0.0888. The molecule has 0 atom stereocenters. The van der Waals surface area contributed by atoms with Gasteiger partial charge in [0.15, 0.2) is 0 Å². The van der Waals surface area contributed by atoms with Crippen molar-refractivity contribution in [1.82, 2.24) is 24.5 Å². The number of hydrogen-bond acceptors (Lipinski definition) is 7. The average molecular weight is 510 g/mol. The summed E-state index contributed by atoms with van der Waals surface area (Å²) < 4.78 is 33.8. The van der Waals surface area contributed by atoms with Gasteiger partial charge in [-0.05, 0) is 43.5 Å². The SMILES string of the molecule is Cc1oc(-c2ccccc2C(=O)NCc2cccnc2)nc1CS(=O)(=O)N1CCN(C2CCC2)CC1. The predicted octanol–water partition coefficient (Wildman–Crippen LogP) is 2.97. The predicted molar refractivity (Wildman–Crippen MR) is 135 cm³/mol. The molecule has 1 amide bonds. The second-order valence-electron chi connectivity index (χ2n) is 9.39. The molecule has 2 fully saturated rings. The number of oxazole rings is 1. The molecule has 1 aromatic carbocycles. The number of carbonyl (C=O) groups is 1. The topological polar surface area (TPSA) is 109 Å². The number of rotatable bonds is 8. The van der Waals surface area contributed by atoms with Crippen molar-refractivity contribution in [3.63, 3.8) is 0 Å². The van der Waals surface area contributed by atoms with Crippen molar-refractivity contribution in [2.24, 2.45) is 0 Å². The van der Waals surface area contributed by atoms with Crippen LogP contribution < -0.4 is 5.32 Å². The summed E-state index contributed by atoms with van der Waals surface area (Å²) >= 11 is 0. The quantitative estimate of drug-likeness (QED) is 0.497. The molecular formula is C26H31N5O4S. The largest absolute Gasteiger partial charge is 0.441 e. The Morgan fingerprint density at radius 2 is 1.89 bits per heavy atom. The number of nitrogens with one attached hydrogen (secondary N) is 1. The van der Waals surface area contributed by atoms with Gasteiger partial charge in [0.25, 0.3) is 5.91 Å². The Kier molecular flexibility index (Phi) is 7.17. The van der Waals surface area contributed by atoms with Crippen LogP contribution in [0.1, 0.15) is 46.6 Å². The van der Waals surface area contributed by atoms with E-state index in [1.54, 1.807) is 47.9 Å². The highest BCUT2D eigenvalue weighted by Crippen LogP contribution is 2.28. The maximum atomic E-state index is 13.2. The van der Waals surface area contributed by atoms with Crippen LogP contribution in [0.3, 0.4) is 0 Å². The van der Waals surface area contributed by atoms with Gasteiger partial charge in [0, 0.05) is 56.7 Å². The molecular weight excluding hydrogens is 478 g/mol. The summed E-state index contributed by atoms with van der Waals surface area (Å²) in [5.74, 6) is 0.178. The summed E-state index contributed by atoms with van der Waals surface area (Å²) in [5, 5.41) is 2.89. The molecule has 1 saturated carbocycles. The Morgan fingerprint density at radius 3 is 2.58 bits per heavy atom. The van der Waals surface area contributed by atoms with Gasteiger partial charge in [-0.2, -0.15) is 4.31 Å². The average Bonchev–Trinajstić information content (AvgIpc) is 3.21. The number of nitrogens with zero attached hydrogens (tertiary/aromatic N) is 4. The van der Waals surface area contributed by atoms with Crippen LogP contribution in [0.4, 0.5) is 0 Å². The van der Waals surface area contributed by atoms with Crippen LogP contribution in [-0.4, -0.2) is 65.7 Å². The lowest BCUT2D eigenvalue weighted by atomic mass is 9.91. The fourth-order valence-corrected chi connectivity index (χ4v) is 6.20. The van der Waals surface area contributed by atoms with E-state index >= 15 is 0 Å². The molecule has 1 N–H and O–H groups in total. The standard InChI is InChI=1S/C26H31N5O4S/c1-19-24(18-36(33,34)31-14-12-30(13-15-31)21-7-4-8-21)29-26(35-19)23-10-3-2-9-22(23)25(32)28-17-20-6-5-11-27-16-20/h2-3,5-6,9-11,16,21H,4,7-8,12-15,17-18H2,1H3,(H,28,32). The van der Waals surface area contributed by atoms with Gasteiger partial charge in [0.2, 0.25) is 15.9 Å². The van der Waals surface area contributed by atoms with Crippen LogP contribution >= 0.6 is 0 Å². The van der Waals surface area contributed by atoms with Gasteiger partial charge >= 0.3 is 0 Å². The van der Waals surface area contributed by atoms with Gasteiger partial charge in [-0.25, -0.2) is 13.4 Å². The monoisotopic (exact) mass is 509 g/mol. The number of aromatic nitrogens is 2. The summed E-state index contributed by atoms with van der Waals surface area (Å²) in [6.45, 7) is 4.60. The van der Waals surface area contributed by atoms with Crippen molar-refractivity contribution in [3.8, 4) is 11.5 Å². The molecule has 1 aliphatic heterocycles. The van der Waals surface area contributed by atoms with Gasteiger partial charge in [0.05, 0.1) is 11.3 Å². The summed E-state index contributed by atoms with van der Waals surface area (Å²) in [6, 6.07) is 11.3. The molecule has 3 aromatic rings. The Balaban J connectivity index is 1.28. The van der Waals surface area contributed by atoms with Crippen LogP contribution in [0, 0.1) is 6.92 Å². The smallest absolute Gasteiger partial charge is 0.252 e. The third kappa shape index (κ3) is 5.35. The molecule has 10 heteroatoms. The van der Waals surface area contributed by atoms with E-state index in [0.29, 0.717) is 48.3 Å². The summed E-state index contributed by atoms with van der Waals surface area (Å²) in [4.78, 5) is 23.9. The number of pyridine rings is 1. The lowest BCUT2D eigenvalue weighted by Crippen LogP contribution is -2.53. The second kappa shape index (κ2) is 10.5. The second-order valence-corrected chi connectivity index (χ2v) is 11.4. The minimum atomic E-state index is -3.53. The molecule has 0 radical (unpaired) electrons. The first kappa shape index (κ1) is 24.6. The van der Waals surface area contributed by atoms with Gasteiger partial charge in [-0.15, -0.1) is 0 Å². The zero-order valence-electron chi connectivity index (χ0n) is 20.4. The number of carbonyl (C=O) groups excluding carboxylic acids is 1. The number of aryl methyl sites for hydroxylation is 1. The minimum absolute atomic E-state index is 0.221. The van der Waals surface area contributed by atoms with E-state index in [1.165, 1.54) is 19.3 Å². The molecule has 2 aliphatic rings. The van der Waals surface area contributed by atoms with Crippen LogP contribution in [0.5, 0.6) is 0 Å². The molecule has 190 valence electrons. The molecule has 1 saturated heterocycles. The number of benzene rings is 1. The van der Waals surface area contributed by atoms with E-state index in [4.69, 9.17) is 4.42 Å². The molecule has 0 unspecified atom stereocenters. The summed E-state index contributed by atoms with van der Waals surface area (Å²) in [5.41, 5.74) is 2.18. The summed E-state index contributed by atoms with van der Waals surface area (Å²) in [6.07, 6.45) is 7.08. The third-order valence-corrected chi connectivity index (χ3v) is 8.84. The molecule has 0 spiro atoms. The Morgan fingerprint density at radius 1 is 1.11 bits per heavy atom. The Labute approximate surface area is 211 Å². The molecule has 36 heavy (non-hydrogen) atoms. The van der Waals surface area contributed by atoms with Gasteiger partial charge in [0.1, 0.15) is 11.5 Å². The summed E-state index contributed by atoms with van der Waals surface area (Å²) in [7, 11) is -3.53. The van der Waals surface area contributed by atoms with E-state index in [0.717, 1.165) is 18.7 Å². The van der Waals surface area contributed by atoms with Crippen LogP contribution in [0.25, 0.3) is 11.5 Å². The van der Waals surface area contributed by atoms with E-state index in [-0.39, 0.29) is 17.6 Å². The fraction of sp³-hybridized carbons (Fsp3) is 0.423. The first-order valence-corrected chi connectivity index (χ1v) is 14.0. The fourth-order valence-electron chi connectivity index (χ4n) is 4.69. The van der Waals surface area contributed by atoms with Crippen LogP contribution in [-0.2, 0) is 22.3 Å². The number of sulfonamides is 1. The number of hydrogen-bond donors (Lipinski definition) is 1. The maximum absolute atomic E-state index is 13.2. The zero-order valence-corrected chi connectivity index (χ0v) is 21.2. The van der Waals surface area contributed by atoms with E-state index in [9.17, 15) is 13.2 Å². The van der Waals surface area contributed by atoms with Gasteiger partial charge in [-0.3, -0.25) is 14.7 Å². The van der Waals surface area contributed by atoms with Gasteiger partial charge < -0.3 is 9.73 Å². The minimum Gasteiger partial charge on any atom is -0.441 e. The molecule has 1 aliphatic carbocycles. The van der Waals surface area contributed by atoms with E-state index in [2.05, 4.69) is 20.2 Å². The van der Waals surface area contributed by atoms with Crippen molar-refractivity contribution in [1.29, 1.82) is 0 Å². The van der Waals surface area contributed by atoms with Crippen LogP contribution in [0.15, 0.2) is 53.2 Å². The first-order chi connectivity index (χ1) is 17.4. The van der Waals surface area contributed by atoms with E-state index in [1.807, 2.05) is 12.1 Å². The maximum Gasteiger partial charge on any atom is 0.252 e. The Bertz CT molecular complexity index is 1310. The van der Waals surface area contributed by atoms with Crippen molar-refractivity contribution in [2.45, 2.75) is 44.5 Å². The molecule has 3 heterocycles. The van der Waals surface area contributed by atoms with Crippen molar-refractivity contribution in [3.05, 3.63) is 71.4 Å². The molecule has 2 aromatic heterocycles. The normalized spacial score (nSPS) is 17.6. The van der Waals surface area contributed by atoms with E-state index < -0.39 is 10.0 Å². The number of piperazine rings is 1. The Hall–Kier alpha value is -3.08. The first-order valence-electron chi connectivity index (χ1n) is 12.4. The number of amides is 1. The highest BCUT2D eigenvalue weighted by atomic mass is 32.2. The molecule has 9 nitrogen and oxygen atoms in total. The highest BCUT2D eigenvalue weighted by Gasteiger charge is 2.33. The van der Waals surface area contributed by atoms with Crippen molar-refractivity contribution in [2.75, 3.05) is 26.2 Å². The zero-order chi connectivity index (χ0) is 25.1. The van der Waals surface area contributed by atoms with Crippen molar-refractivity contribution >= 4 is 15.9 Å². The third-order valence-electron chi connectivity index (χ3n) is 7.05. The van der Waals surface area contributed by atoms with Gasteiger partial charge in [-0.1, -0.05) is 24.6 Å². The molecule has 5 rings (SSSR count). The molecule has 0 bridgehead atoms. The van der Waals surface area contributed by atoms with Crippen LogP contribution in [0.2, 0.25) is 0 Å². The highest BCUT2D eigenvalue weighted by molar-refractivity contribution is 7.88. The lowest BCUT2D eigenvalue weighted by Gasteiger charge is -2.42.